The highest BCUT2D eigenvalue weighted by Crippen LogP contribution is 2.29. The summed E-state index contributed by atoms with van der Waals surface area (Å²) in [5, 5.41) is 20.8. The number of aromatic hydroxyl groups is 1. The summed E-state index contributed by atoms with van der Waals surface area (Å²) >= 11 is 0. The molecule has 0 fully saturated rings. The van der Waals surface area contributed by atoms with Crippen molar-refractivity contribution in [3.63, 3.8) is 0 Å². The molecular formula is C15H14N2O4. The van der Waals surface area contributed by atoms with Gasteiger partial charge >= 0.3 is 0 Å². The second-order valence-electron chi connectivity index (χ2n) is 4.38. The second-order valence-corrected chi connectivity index (χ2v) is 4.38. The third-order valence-electron chi connectivity index (χ3n) is 2.99. The standard InChI is InChI=1S/C15H14N2O4/c1-10-6-7-12(8-13(10)17(19)20)16-9-11-4-3-5-14(21-2)15(11)18/h3-9,18H,1-2H3. The zero-order valence-corrected chi connectivity index (χ0v) is 11.6. The van der Waals surface area contributed by atoms with Gasteiger partial charge in [0, 0.05) is 23.4 Å². The van der Waals surface area contributed by atoms with Gasteiger partial charge in [0.2, 0.25) is 0 Å². The zero-order valence-electron chi connectivity index (χ0n) is 11.6. The van der Waals surface area contributed by atoms with Crippen LogP contribution in [-0.2, 0) is 0 Å². The summed E-state index contributed by atoms with van der Waals surface area (Å²) in [6.07, 6.45) is 1.44. The Hall–Kier alpha value is -2.89. The van der Waals surface area contributed by atoms with Crippen LogP contribution in [0.5, 0.6) is 11.5 Å². The van der Waals surface area contributed by atoms with Gasteiger partial charge in [-0.25, -0.2) is 0 Å². The first-order valence-corrected chi connectivity index (χ1v) is 6.18. The number of nitro groups is 1. The Bertz CT molecular complexity index is 711. The van der Waals surface area contributed by atoms with Gasteiger partial charge in [-0.05, 0) is 25.1 Å². The van der Waals surface area contributed by atoms with E-state index in [0.717, 1.165) is 0 Å². The van der Waals surface area contributed by atoms with Crippen molar-refractivity contribution in [3.05, 3.63) is 57.6 Å². The number of nitrogens with zero attached hydrogens (tertiary/aromatic N) is 2. The van der Waals surface area contributed by atoms with E-state index in [1.807, 2.05) is 0 Å². The van der Waals surface area contributed by atoms with E-state index >= 15 is 0 Å². The van der Waals surface area contributed by atoms with Crippen LogP contribution in [0.3, 0.4) is 0 Å². The van der Waals surface area contributed by atoms with Gasteiger partial charge in [0.15, 0.2) is 11.5 Å². The summed E-state index contributed by atoms with van der Waals surface area (Å²) in [7, 11) is 1.46. The van der Waals surface area contributed by atoms with Gasteiger partial charge < -0.3 is 9.84 Å². The number of para-hydroxylation sites is 1. The molecule has 0 atom stereocenters. The molecule has 0 aromatic heterocycles. The average molecular weight is 286 g/mol. The number of phenols is 1. The normalized spacial score (nSPS) is 10.8. The minimum atomic E-state index is -0.447. The number of hydrogen-bond acceptors (Lipinski definition) is 5. The molecular weight excluding hydrogens is 272 g/mol. The van der Waals surface area contributed by atoms with Crippen LogP contribution in [0.2, 0.25) is 0 Å². The molecule has 0 radical (unpaired) electrons. The number of phenolic OH excluding ortho intramolecular Hbond substituents is 1. The molecule has 0 bridgehead atoms. The van der Waals surface area contributed by atoms with Crippen LogP contribution in [0.1, 0.15) is 11.1 Å². The number of aryl methyl sites for hydroxylation is 1. The molecule has 2 rings (SSSR count). The zero-order chi connectivity index (χ0) is 15.4. The molecule has 2 aromatic carbocycles. The summed E-state index contributed by atoms with van der Waals surface area (Å²) in [5.74, 6) is 0.319. The lowest BCUT2D eigenvalue weighted by atomic mass is 10.2. The minimum Gasteiger partial charge on any atom is -0.504 e. The molecule has 0 spiro atoms. The molecule has 0 saturated heterocycles. The first kappa shape index (κ1) is 14.5. The predicted octanol–water partition coefficient (Wildman–Crippen LogP) is 3.37. The third kappa shape index (κ3) is 3.17. The second kappa shape index (κ2) is 6.04. The van der Waals surface area contributed by atoms with Crippen LogP contribution >= 0.6 is 0 Å². The monoisotopic (exact) mass is 286 g/mol. The fourth-order valence-electron chi connectivity index (χ4n) is 1.83. The minimum absolute atomic E-state index is 0.0134. The lowest BCUT2D eigenvalue weighted by molar-refractivity contribution is -0.385. The van der Waals surface area contributed by atoms with Crippen molar-refractivity contribution in [1.82, 2.24) is 0 Å². The van der Waals surface area contributed by atoms with E-state index in [2.05, 4.69) is 4.99 Å². The van der Waals surface area contributed by atoms with Crippen molar-refractivity contribution < 1.29 is 14.8 Å². The highest BCUT2D eigenvalue weighted by molar-refractivity contribution is 5.86. The molecule has 6 heteroatoms. The van der Waals surface area contributed by atoms with Gasteiger partial charge in [0.25, 0.3) is 5.69 Å². The molecule has 0 heterocycles. The number of nitro benzene ring substituents is 1. The maximum absolute atomic E-state index is 10.9. The Balaban J connectivity index is 2.34. The van der Waals surface area contributed by atoms with E-state index in [1.54, 1.807) is 37.3 Å². The van der Waals surface area contributed by atoms with Crippen LogP contribution in [0.15, 0.2) is 41.4 Å². The lowest BCUT2D eigenvalue weighted by Crippen LogP contribution is -1.91. The molecule has 0 saturated carbocycles. The highest BCUT2D eigenvalue weighted by atomic mass is 16.6. The fraction of sp³-hybridized carbons (Fsp3) is 0.133. The number of benzene rings is 2. The molecule has 0 aliphatic heterocycles. The molecule has 1 N–H and O–H groups in total. The van der Waals surface area contributed by atoms with Gasteiger partial charge in [-0.3, -0.25) is 15.1 Å². The quantitative estimate of drug-likeness (QED) is 0.530. The molecule has 0 aliphatic carbocycles. The van der Waals surface area contributed by atoms with Crippen molar-refractivity contribution >= 4 is 17.6 Å². The average Bonchev–Trinajstić information content (AvgIpc) is 2.47. The van der Waals surface area contributed by atoms with Crippen LogP contribution in [0.4, 0.5) is 11.4 Å². The number of ether oxygens (including phenoxy) is 1. The van der Waals surface area contributed by atoms with Crippen LogP contribution in [0, 0.1) is 17.0 Å². The molecule has 0 unspecified atom stereocenters. The highest BCUT2D eigenvalue weighted by Gasteiger charge is 2.10. The largest absolute Gasteiger partial charge is 0.504 e. The maximum Gasteiger partial charge on any atom is 0.274 e. The van der Waals surface area contributed by atoms with Crippen molar-refractivity contribution in [1.29, 1.82) is 0 Å². The Morgan fingerprint density at radius 2 is 2.10 bits per heavy atom. The van der Waals surface area contributed by atoms with Crippen molar-refractivity contribution in [2.24, 2.45) is 4.99 Å². The molecule has 6 nitrogen and oxygen atoms in total. The van der Waals surface area contributed by atoms with Gasteiger partial charge in [-0.1, -0.05) is 12.1 Å². The van der Waals surface area contributed by atoms with Gasteiger partial charge in [0.1, 0.15) is 0 Å². The summed E-state index contributed by atoms with van der Waals surface area (Å²) in [6, 6.07) is 9.72. The molecule has 108 valence electrons. The first-order valence-electron chi connectivity index (χ1n) is 6.18. The summed E-state index contributed by atoms with van der Waals surface area (Å²) < 4.78 is 5.00. The van der Waals surface area contributed by atoms with Crippen LogP contribution < -0.4 is 4.74 Å². The molecule has 0 amide bonds. The topological polar surface area (TPSA) is 85.0 Å². The SMILES string of the molecule is COc1cccc(C=Nc2ccc(C)c([N+](=O)[O-])c2)c1O. The van der Waals surface area contributed by atoms with E-state index in [9.17, 15) is 15.2 Å². The number of aliphatic imine (C=N–C) groups is 1. The molecule has 2 aromatic rings. The Morgan fingerprint density at radius 1 is 1.33 bits per heavy atom. The Morgan fingerprint density at radius 3 is 2.76 bits per heavy atom. The maximum atomic E-state index is 10.9. The molecule has 21 heavy (non-hydrogen) atoms. The van der Waals surface area contributed by atoms with E-state index in [0.29, 0.717) is 22.6 Å². The van der Waals surface area contributed by atoms with E-state index in [-0.39, 0.29) is 11.4 Å². The smallest absolute Gasteiger partial charge is 0.274 e. The number of rotatable bonds is 4. The summed E-state index contributed by atoms with van der Waals surface area (Å²) in [4.78, 5) is 14.6. The number of methoxy groups -OCH3 is 1. The third-order valence-corrected chi connectivity index (χ3v) is 2.99. The van der Waals surface area contributed by atoms with E-state index in [4.69, 9.17) is 4.74 Å². The van der Waals surface area contributed by atoms with Gasteiger partial charge in [-0.15, -0.1) is 0 Å². The Kier molecular flexibility index (Phi) is 4.18. The van der Waals surface area contributed by atoms with Crippen molar-refractivity contribution in [2.45, 2.75) is 6.92 Å². The Labute approximate surface area is 121 Å². The van der Waals surface area contributed by atoms with Gasteiger partial charge in [0.05, 0.1) is 17.7 Å². The predicted molar refractivity (Wildman–Crippen MR) is 79.7 cm³/mol. The van der Waals surface area contributed by atoms with Crippen molar-refractivity contribution in [2.75, 3.05) is 7.11 Å². The fourth-order valence-corrected chi connectivity index (χ4v) is 1.83. The number of hydrogen-bond donors (Lipinski definition) is 1. The molecule has 0 aliphatic rings. The van der Waals surface area contributed by atoms with Crippen LogP contribution in [-0.4, -0.2) is 23.4 Å². The van der Waals surface area contributed by atoms with E-state index in [1.165, 1.54) is 19.4 Å². The lowest BCUT2D eigenvalue weighted by Gasteiger charge is -2.05. The summed E-state index contributed by atoms with van der Waals surface area (Å²) in [6.45, 7) is 1.67. The van der Waals surface area contributed by atoms with Crippen molar-refractivity contribution in [3.8, 4) is 11.5 Å². The van der Waals surface area contributed by atoms with E-state index < -0.39 is 4.92 Å². The summed E-state index contributed by atoms with van der Waals surface area (Å²) in [5.41, 5.74) is 1.50. The van der Waals surface area contributed by atoms with Gasteiger partial charge in [-0.2, -0.15) is 0 Å². The van der Waals surface area contributed by atoms with Crippen LogP contribution in [0.25, 0.3) is 0 Å². The first-order chi connectivity index (χ1) is 10.0.